The first-order valence-electron chi connectivity index (χ1n) is 7.75. The van der Waals surface area contributed by atoms with Gasteiger partial charge >= 0.3 is 12.1 Å². The summed E-state index contributed by atoms with van der Waals surface area (Å²) in [6.45, 7) is 5.55. The van der Waals surface area contributed by atoms with Gasteiger partial charge in [-0.1, -0.05) is 0 Å². The molecule has 3 atom stereocenters. The van der Waals surface area contributed by atoms with Crippen molar-refractivity contribution in [3.63, 3.8) is 0 Å². The number of methoxy groups -OCH3 is 1. The molecular formula is C15H26N2O6. The highest BCUT2D eigenvalue weighted by atomic mass is 16.6. The predicted molar refractivity (Wildman–Crippen MR) is 80.4 cm³/mol. The van der Waals surface area contributed by atoms with E-state index >= 15 is 0 Å². The van der Waals surface area contributed by atoms with Crippen LogP contribution in [0.3, 0.4) is 0 Å². The van der Waals surface area contributed by atoms with Crippen LogP contribution in [0.25, 0.3) is 0 Å². The van der Waals surface area contributed by atoms with Gasteiger partial charge in [0, 0.05) is 6.04 Å². The zero-order valence-electron chi connectivity index (χ0n) is 14.1. The Labute approximate surface area is 135 Å². The lowest BCUT2D eigenvalue weighted by Crippen LogP contribution is -2.61. The van der Waals surface area contributed by atoms with E-state index in [9.17, 15) is 14.7 Å². The fraction of sp³-hybridized carbons (Fsp3) is 0.867. The van der Waals surface area contributed by atoms with Crippen LogP contribution in [0.15, 0.2) is 0 Å². The molecule has 0 spiro atoms. The van der Waals surface area contributed by atoms with E-state index in [-0.39, 0.29) is 25.7 Å². The van der Waals surface area contributed by atoms with Gasteiger partial charge in [0.15, 0.2) is 0 Å². The number of hydrogen-bond donors (Lipinski definition) is 3. The number of carbonyl (C=O) groups is 2. The van der Waals surface area contributed by atoms with Crippen LogP contribution in [-0.4, -0.2) is 54.7 Å². The first kappa shape index (κ1) is 18.0. The molecule has 3 N–H and O–H groups in total. The molecule has 8 nitrogen and oxygen atoms in total. The fourth-order valence-electron chi connectivity index (χ4n) is 3.29. The summed E-state index contributed by atoms with van der Waals surface area (Å²) in [5.74, 6) is -0.448. The van der Waals surface area contributed by atoms with Crippen molar-refractivity contribution in [3.8, 4) is 0 Å². The van der Waals surface area contributed by atoms with Gasteiger partial charge in [0.1, 0.15) is 16.6 Å². The molecule has 132 valence electrons. The molecule has 0 radical (unpaired) electrons. The molecule has 0 aromatic carbocycles. The van der Waals surface area contributed by atoms with Crippen LogP contribution in [0.4, 0.5) is 4.79 Å². The van der Waals surface area contributed by atoms with Crippen molar-refractivity contribution in [1.82, 2.24) is 10.9 Å². The predicted octanol–water partition coefficient (Wildman–Crippen LogP) is 0.489. The van der Waals surface area contributed by atoms with E-state index in [0.717, 1.165) is 0 Å². The molecule has 1 aliphatic carbocycles. The highest BCUT2D eigenvalue weighted by Crippen LogP contribution is 2.49. The van der Waals surface area contributed by atoms with Crippen molar-refractivity contribution < 1.29 is 28.9 Å². The average molecular weight is 330 g/mol. The fourth-order valence-corrected chi connectivity index (χ4v) is 3.29. The molecule has 1 aliphatic heterocycles. The third-order valence-electron chi connectivity index (χ3n) is 4.44. The number of amides is 1. The van der Waals surface area contributed by atoms with Crippen molar-refractivity contribution in [2.75, 3.05) is 20.3 Å². The standard InChI is InChI=1S/C15H26N2O6/c1-13(2,3)23-12(19)17-16-10-5-6-14(11(18)21-4)8-22-9-15(14,20)7-10/h10,16,20H,5-9H2,1-4H3,(H,17,19)/t10?,14-,15-/m1/s1. The van der Waals surface area contributed by atoms with Crippen LogP contribution in [-0.2, 0) is 19.0 Å². The van der Waals surface area contributed by atoms with E-state index in [4.69, 9.17) is 14.2 Å². The molecule has 1 saturated heterocycles. The number of rotatable bonds is 3. The zero-order chi connectivity index (χ0) is 17.3. The first-order chi connectivity index (χ1) is 10.6. The largest absolute Gasteiger partial charge is 0.468 e. The minimum absolute atomic E-state index is 0.0761. The maximum Gasteiger partial charge on any atom is 0.422 e. The summed E-state index contributed by atoms with van der Waals surface area (Å²) in [5.41, 5.74) is 2.44. The van der Waals surface area contributed by atoms with Gasteiger partial charge < -0.3 is 19.3 Å². The second-order valence-corrected chi connectivity index (χ2v) is 7.31. The molecule has 2 fully saturated rings. The lowest BCUT2D eigenvalue weighted by molar-refractivity contribution is -0.172. The Balaban J connectivity index is 1.95. The summed E-state index contributed by atoms with van der Waals surface area (Å²) in [6, 6.07) is -0.188. The highest BCUT2D eigenvalue weighted by Gasteiger charge is 2.63. The number of carbonyl (C=O) groups excluding carboxylic acids is 2. The first-order valence-corrected chi connectivity index (χ1v) is 7.75. The zero-order valence-corrected chi connectivity index (χ0v) is 14.1. The van der Waals surface area contributed by atoms with Gasteiger partial charge in [-0.2, -0.15) is 0 Å². The number of nitrogens with one attached hydrogen (secondary N) is 2. The molecule has 1 saturated carbocycles. The minimum atomic E-state index is -1.30. The number of fused-ring (bicyclic) bond motifs is 1. The molecular weight excluding hydrogens is 304 g/mol. The second-order valence-electron chi connectivity index (χ2n) is 7.31. The Morgan fingerprint density at radius 2 is 2.00 bits per heavy atom. The number of aliphatic hydroxyl groups is 1. The van der Waals surface area contributed by atoms with Crippen molar-refractivity contribution in [3.05, 3.63) is 0 Å². The van der Waals surface area contributed by atoms with Gasteiger partial charge in [0.2, 0.25) is 0 Å². The summed E-state index contributed by atoms with van der Waals surface area (Å²) in [5, 5.41) is 10.9. The van der Waals surface area contributed by atoms with Gasteiger partial charge in [0.05, 0.1) is 20.3 Å². The van der Waals surface area contributed by atoms with Crippen molar-refractivity contribution in [1.29, 1.82) is 0 Å². The van der Waals surface area contributed by atoms with E-state index in [1.807, 2.05) is 0 Å². The van der Waals surface area contributed by atoms with Crippen LogP contribution >= 0.6 is 0 Å². The Morgan fingerprint density at radius 1 is 1.30 bits per heavy atom. The third kappa shape index (κ3) is 3.59. The number of hydrogen-bond acceptors (Lipinski definition) is 7. The highest BCUT2D eigenvalue weighted by molar-refractivity contribution is 5.79. The Morgan fingerprint density at radius 3 is 2.61 bits per heavy atom. The van der Waals surface area contributed by atoms with Crippen LogP contribution < -0.4 is 10.9 Å². The van der Waals surface area contributed by atoms with E-state index in [1.165, 1.54) is 7.11 Å². The van der Waals surface area contributed by atoms with Crippen LogP contribution in [0.1, 0.15) is 40.0 Å². The number of esters is 1. The normalized spacial score (nSPS) is 33.7. The summed E-state index contributed by atoms with van der Waals surface area (Å²) in [4.78, 5) is 23.8. The average Bonchev–Trinajstić information content (AvgIpc) is 2.79. The Bertz CT molecular complexity index is 477. The second kappa shape index (κ2) is 6.26. The van der Waals surface area contributed by atoms with Gasteiger partial charge in [-0.15, -0.1) is 0 Å². The number of ether oxygens (including phenoxy) is 3. The Hall–Kier alpha value is -1.38. The summed E-state index contributed by atoms with van der Waals surface area (Å²) in [7, 11) is 1.31. The lowest BCUT2D eigenvalue weighted by Gasteiger charge is -2.44. The molecule has 0 aromatic heterocycles. The summed E-state index contributed by atoms with van der Waals surface area (Å²) < 4.78 is 15.4. The summed E-state index contributed by atoms with van der Waals surface area (Å²) >= 11 is 0. The van der Waals surface area contributed by atoms with E-state index < -0.39 is 28.7 Å². The van der Waals surface area contributed by atoms with Crippen molar-refractivity contribution in [2.45, 2.75) is 57.3 Å². The molecule has 0 aromatic rings. The van der Waals surface area contributed by atoms with Gasteiger partial charge in [-0.25, -0.2) is 10.2 Å². The van der Waals surface area contributed by atoms with Crippen LogP contribution in [0.5, 0.6) is 0 Å². The minimum Gasteiger partial charge on any atom is -0.468 e. The van der Waals surface area contributed by atoms with E-state index in [1.54, 1.807) is 20.8 Å². The van der Waals surface area contributed by atoms with E-state index in [0.29, 0.717) is 12.8 Å². The maximum atomic E-state index is 12.1. The monoisotopic (exact) mass is 330 g/mol. The third-order valence-corrected chi connectivity index (χ3v) is 4.44. The molecule has 23 heavy (non-hydrogen) atoms. The van der Waals surface area contributed by atoms with Gasteiger partial charge in [-0.05, 0) is 40.0 Å². The van der Waals surface area contributed by atoms with E-state index in [2.05, 4.69) is 10.9 Å². The summed E-state index contributed by atoms with van der Waals surface area (Å²) in [6.07, 6.45) is 0.704. The molecule has 1 unspecified atom stereocenters. The SMILES string of the molecule is COC(=O)[C@]12CCC(NNC(=O)OC(C)(C)C)C[C@@]1(O)COC2. The molecule has 2 rings (SSSR count). The lowest BCUT2D eigenvalue weighted by atomic mass is 9.63. The topological polar surface area (TPSA) is 106 Å². The molecule has 1 amide bonds. The quantitative estimate of drug-likeness (QED) is 0.511. The molecule has 2 aliphatic rings. The van der Waals surface area contributed by atoms with Gasteiger partial charge in [-0.3, -0.25) is 10.2 Å². The molecule has 1 heterocycles. The smallest absolute Gasteiger partial charge is 0.422 e. The maximum absolute atomic E-state index is 12.1. The van der Waals surface area contributed by atoms with Crippen LogP contribution in [0.2, 0.25) is 0 Å². The van der Waals surface area contributed by atoms with Crippen molar-refractivity contribution >= 4 is 12.1 Å². The number of hydrazine groups is 1. The molecule has 8 heteroatoms. The Kier molecular flexibility index (Phi) is 4.89. The van der Waals surface area contributed by atoms with Crippen LogP contribution in [0, 0.1) is 5.41 Å². The van der Waals surface area contributed by atoms with Crippen molar-refractivity contribution in [2.24, 2.45) is 5.41 Å². The molecule has 0 bridgehead atoms. The van der Waals surface area contributed by atoms with Gasteiger partial charge in [0.25, 0.3) is 0 Å².